The van der Waals surface area contributed by atoms with E-state index in [-0.39, 0.29) is 0 Å². The van der Waals surface area contributed by atoms with Gasteiger partial charge in [0.05, 0.1) is 6.54 Å². The lowest BCUT2D eigenvalue weighted by Gasteiger charge is -2.38. The van der Waals surface area contributed by atoms with E-state index in [1.165, 1.54) is 44.6 Å². The van der Waals surface area contributed by atoms with Crippen LogP contribution in [-0.2, 0) is 18.4 Å². The van der Waals surface area contributed by atoms with Crippen LogP contribution >= 0.6 is 0 Å². The average molecular weight is 906 g/mol. The minimum absolute atomic E-state index is 0.471. The summed E-state index contributed by atoms with van der Waals surface area (Å²) in [5, 5.41) is 5.86. The first-order valence-electron chi connectivity index (χ1n) is 24.6. The van der Waals surface area contributed by atoms with Gasteiger partial charge in [-0.3, -0.25) is 4.99 Å². The Morgan fingerprint density at radius 1 is 0.928 bits per heavy atom. The first-order valence-corrected chi connectivity index (χ1v) is 24.6. The van der Waals surface area contributed by atoms with Gasteiger partial charge in [-0.15, -0.1) is 12.3 Å². The van der Waals surface area contributed by atoms with Crippen molar-refractivity contribution in [2.24, 2.45) is 10.7 Å². The van der Waals surface area contributed by atoms with Gasteiger partial charge in [-0.1, -0.05) is 191 Å². The number of benzene rings is 3. The van der Waals surface area contributed by atoms with Crippen LogP contribution in [0.15, 0.2) is 234 Å². The van der Waals surface area contributed by atoms with E-state index in [1.807, 2.05) is 24.3 Å². The summed E-state index contributed by atoms with van der Waals surface area (Å²) in [5.74, 6) is 3.57. The number of allylic oxidation sites excluding steroid dienone is 22. The number of rotatable bonds is 18. The lowest BCUT2D eigenvalue weighted by atomic mass is 9.64. The second kappa shape index (κ2) is 25.2. The molecular formula is C66H71N3. The lowest BCUT2D eigenvalue weighted by Crippen LogP contribution is -2.44. The van der Waals surface area contributed by atoms with Crippen LogP contribution < -0.4 is 21.5 Å². The zero-order chi connectivity index (χ0) is 49.2. The number of amidine groups is 1. The van der Waals surface area contributed by atoms with Gasteiger partial charge in [0.1, 0.15) is 12.0 Å². The van der Waals surface area contributed by atoms with Crippen LogP contribution in [0.5, 0.6) is 0 Å². The van der Waals surface area contributed by atoms with Crippen molar-refractivity contribution in [3.05, 3.63) is 261 Å². The molecule has 0 saturated carbocycles. The third-order valence-corrected chi connectivity index (χ3v) is 13.3. The van der Waals surface area contributed by atoms with E-state index in [0.717, 1.165) is 101 Å². The monoisotopic (exact) mass is 906 g/mol. The van der Waals surface area contributed by atoms with Crippen molar-refractivity contribution in [3.8, 4) is 23.5 Å². The molecule has 0 aliphatic heterocycles. The van der Waals surface area contributed by atoms with E-state index >= 15 is 0 Å². The Morgan fingerprint density at radius 3 is 2.46 bits per heavy atom. The lowest BCUT2D eigenvalue weighted by molar-refractivity contribution is 0.585. The Labute approximate surface area is 414 Å². The maximum Gasteiger partial charge on any atom is 0.130 e. The number of nitrogens with zero attached hydrogens (tertiary/aromatic N) is 1. The van der Waals surface area contributed by atoms with Crippen LogP contribution in [0.25, 0.3) is 23.3 Å². The molecule has 3 aliphatic rings. The molecule has 0 saturated heterocycles. The first-order chi connectivity index (χ1) is 33.7. The van der Waals surface area contributed by atoms with Gasteiger partial charge in [0, 0.05) is 17.4 Å². The highest BCUT2D eigenvalue weighted by Gasteiger charge is 2.47. The molecular weight excluding hydrogens is 835 g/mol. The second-order valence-corrected chi connectivity index (χ2v) is 17.8. The molecule has 6 rings (SSSR count). The minimum Gasteiger partial charge on any atom is -0.351 e. The highest BCUT2D eigenvalue weighted by Crippen LogP contribution is 2.58. The minimum atomic E-state index is -0.582. The van der Waals surface area contributed by atoms with Crippen LogP contribution in [0.4, 0.5) is 0 Å². The van der Waals surface area contributed by atoms with Crippen molar-refractivity contribution in [3.63, 3.8) is 0 Å². The third-order valence-electron chi connectivity index (χ3n) is 13.3. The molecule has 0 spiro atoms. The molecule has 3 aromatic carbocycles. The maximum atomic E-state index is 7.10. The number of aryl methyl sites for hydroxylation is 1. The van der Waals surface area contributed by atoms with Crippen LogP contribution in [0, 0.1) is 12.3 Å². The molecule has 3 heteroatoms. The standard InChI is InChI=1S/C66H71N3/c1-10-17-19-26-37-52-41-42-55(46-61(52)66(16-7)60(15-6)57(14-5)62-56(40-27-20-18-11-2)43-48(8)33-30-31-34-49(9)63(62)66)58-45-54(32-12-3)51(13-4)44-59(58)65(68-47-50-35-24-23-25-36-50)69-64(67)53-38-28-21-22-29-39-53/h2,10,12-15,17,19,21,23-25,28-36,38-42,44-46,64H,1,3,5-6,16,18,20,22,26-27,37,43,47,67H2,4,7-9H3,(H,68,69)/b19-17?,31-30-,48-33+,49-34+,51-13-,54-32-,56-40+. The zero-order valence-electron chi connectivity index (χ0n) is 41.5. The predicted molar refractivity (Wildman–Crippen MR) is 301 cm³/mol. The molecule has 3 nitrogen and oxygen atoms in total. The van der Waals surface area contributed by atoms with Crippen molar-refractivity contribution < 1.29 is 0 Å². The molecule has 2 unspecified atom stereocenters. The van der Waals surface area contributed by atoms with E-state index < -0.39 is 11.6 Å². The summed E-state index contributed by atoms with van der Waals surface area (Å²) in [6.45, 7) is 26.6. The Morgan fingerprint density at radius 2 is 1.74 bits per heavy atom. The number of nitrogens with one attached hydrogen (secondary N) is 1. The largest absolute Gasteiger partial charge is 0.351 e. The Hall–Kier alpha value is -7.25. The molecule has 3 aromatic rings. The van der Waals surface area contributed by atoms with Gasteiger partial charge in [0.25, 0.3) is 0 Å². The molecule has 0 aromatic heterocycles. The molecule has 350 valence electrons. The Balaban J connectivity index is 1.73. The van der Waals surface area contributed by atoms with Crippen molar-refractivity contribution in [2.75, 3.05) is 0 Å². The van der Waals surface area contributed by atoms with Gasteiger partial charge in [-0.05, 0) is 161 Å². The quantitative estimate of drug-likeness (QED) is 0.0334. The molecule has 2 atom stereocenters. The van der Waals surface area contributed by atoms with Crippen molar-refractivity contribution in [2.45, 2.75) is 97.2 Å². The van der Waals surface area contributed by atoms with E-state index in [4.69, 9.17) is 17.1 Å². The Bertz CT molecular complexity index is 2950. The van der Waals surface area contributed by atoms with E-state index in [0.29, 0.717) is 6.54 Å². The fourth-order valence-corrected chi connectivity index (χ4v) is 10.0. The molecule has 0 heterocycles. The molecule has 3 aliphatic carbocycles. The van der Waals surface area contributed by atoms with Crippen molar-refractivity contribution >= 4 is 18.0 Å². The third kappa shape index (κ3) is 11.9. The van der Waals surface area contributed by atoms with Crippen LogP contribution in [0.3, 0.4) is 0 Å². The molecule has 0 radical (unpaired) electrons. The van der Waals surface area contributed by atoms with Crippen LogP contribution in [0.2, 0.25) is 0 Å². The molecule has 3 N–H and O–H groups in total. The van der Waals surface area contributed by atoms with E-state index in [2.05, 4.69) is 211 Å². The van der Waals surface area contributed by atoms with Gasteiger partial charge in [0.2, 0.25) is 0 Å². The van der Waals surface area contributed by atoms with Crippen molar-refractivity contribution in [1.29, 1.82) is 0 Å². The molecule has 0 bridgehead atoms. The maximum absolute atomic E-state index is 7.10. The fraction of sp³-hybridized carbons (Fsp3) is 0.227. The van der Waals surface area contributed by atoms with E-state index in [1.54, 1.807) is 0 Å². The molecule has 0 fully saturated rings. The van der Waals surface area contributed by atoms with Crippen LogP contribution in [-0.4, -0.2) is 12.0 Å². The summed E-state index contributed by atoms with van der Waals surface area (Å²) in [6, 6.07) is 22.0. The van der Waals surface area contributed by atoms with Gasteiger partial charge in [-0.25, -0.2) is 0 Å². The second-order valence-electron chi connectivity index (χ2n) is 17.8. The topological polar surface area (TPSA) is 50.4 Å². The summed E-state index contributed by atoms with van der Waals surface area (Å²) in [7, 11) is 0. The van der Waals surface area contributed by atoms with Crippen LogP contribution in [0.1, 0.15) is 94.9 Å². The summed E-state index contributed by atoms with van der Waals surface area (Å²) in [4.78, 5) is 5.38. The van der Waals surface area contributed by atoms with Gasteiger partial charge in [0.15, 0.2) is 0 Å². The van der Waals surface area contributed by atoms with Crippen molar-refractivity contribution in [1.82, 2.24) is 5.32 Å². The Kier molecular flexibility index (Phi) is 18.7. The SMILES string of the molecule is C#CCCC/C=C1\C/C(C)=C/C=C\C=C(/C)C2=C1C(C=C)=C(C=C)C2(CC)c1cc(-c2cc(=C/C=C)/c(=C\C)cc2C(=NCc2ccccc2)NC(N)C2=CC=CCC=C2)ccc1CCC=CC=C. The summed E-state index contributed by atoms with van der Waals surface area (Å²) in [6.07, 6.45) is 50.1. The zero-order valence-corrected chi connectivity index (χ0v) is 41.5. The summed E-state index contributed by atoms with van der Waals surface area (Å²) >= 11 is 0. The normalized spacial score (nSPS) is 20.9. The number of nitrogens with two attached hydrogens (primary N) is 1. The summed E-state index contributed by atoms with van der Waals surface area (Å²) < 4.78 is 0. The molecule has 0 amide bonds. The highest BCUT2D eigenvalue weighted by molar-refractivity contribution is 6.05. The van der Waals surface area contributed by atoms with Gasteiger partial charge >= 0.3 is 0 Å². The van der Waals surface area contributed by atoms with Gasteiger partial charge in [-0.2, -0.15) is 0 Å². The molecule has 69 heavy (non-hydrogen) atoms. The number of terminal acetylenes is 1. The smallest absolute Gasteiger partial charge is 0.130 e. The first kappa shape index (κ1) is 51.1. The number of hydrogen-bond acceptors (Lipinski definition) is 2. The van der Waals surface area contributed by atoms with E-state index in [9.17, 15) is 0 Å². The highest BCUT2D eigenvalue weighted by atomic mass is 15.1. The average Bonchev–Trinajstić information content (AvgIpc) is 3.45. The number of aliphatic imine (C=N–C) groups is 1. The number of unbranched alkanes of at least 4 members (excludes halogenated alkanes) is 2. The van der Waals surface area contributed by atoms with Gasteiger partial charge < -0.3 is 11.1 Å². The number of hydrogen-bond donors (Lipinski definition) is 2. The fourth-order valence-electron chi connectivity index (χ4n) is 10.0. The summed E-state index contributed by atoms with van der Waals surface area (Å²) in [5.41, 5.74) is 22.8. The predicted octanol–water partition coefficient (Wildman–Crippen LogP) is 14.3.